The quantitative estimate of drug-likeness (QED) is 0.665. The second kappa shape index (κ2) is 9.25. The molecular weight excluding hydrogens is 378 g/mol. The van der Waals surface area contributed by atoms with Crippen LogP contribution in [0.15, 0.2) is 46.9 Å². The zero-order chi connectivity index (χ0) is 17.5. The van der Waals surface area contributed by atoms with Crippen LogP contribution >= 0.6 is 15.9 Å². The Bertz CT molecular complexity index is 669. The minimum absolute atomic E-state index is 0.523. The minimum atomic E-state index is 0.523. The number of hydrogen-bond acceptors (Lipinski definition) is 3. The number of nitrogens with one attached hydrogen (secondary N) is 1. The average Bonchev–Trinajstić information content (AvgIpc) is 2.67. The largest absolute Gasteiger partial charge is 0.493 e. The fourth-order valence-corrected chi connectivity index (χ4v) is 3.88. The summed E-state index contributed by atoms with van der Waals surface area (Å²) in [4.78, 5) is 0. The van der Waals surface area contributed by atoms with Gasteiger partial charge in [-0.2, -0.15) is 0 Å². The smallest absolute Gasteiger partial charge is 0.176 e. The van der Waals surface area contributed by atoms with Crippen LogP contribution in [-0.2, 0) is 13.2 Å². The molecule has 1 aliphatic carbocycles. The van der Waals surface area contributed by atoms with Gasteiger partial charge in [-0.15, -0.1) is 0 Å². The van der Waals surface area contributed by atoms with E-state index < -0.39 is 0 Å². The van der Waals surface area contributed by atoms with Gasteiger partial charge in [-0.3, -0.25) is 0 Å². The molecule has 0 unspecified atom stereocenters. The van der Waals surface area contributed by atoms with Gasteiger partial charge in [0.05, 0.1) is 11.6 Å². The summed E-state index contributed by atoms with van der Waals surface area (Å²) in [5.74, 6) is 1.53. The first kappa shape index (κ1) is 18.3. The topological polar surface area (TPSA) is 30.5 Å². The van der Waals surface area contributed by atoms with Gasteiger partial charge in [-0.05, 0) is 46.0 Å². The highest BCUT2D eigenvalue weighted by atomic mass is 79.9. The van der Waals surface area contributed by atoms with Gasteiger partial charge in [0, 0.05) is 12.6 Å². The van der Waals surface area contributed by atoms with Crippen LogP contribution in [0.25, 0.3) is 0 Å². The number of halogens is 1. The molecule has 1 fully saturated rings. The first-order chi connectivity index (χ1) is 12.3. The van der Waals surface area contributed by atoms with Gasteiger partial charge in [0.1, 0.15) is 6.61 Å². The molecule has 0 radical (unpaired) electrons. The van der Waals surface area contributed by atoms with Crippen LogP contribution in [0.1, 0.15) is 43.2 Å². The van der Waals surface area contributed by atoms with Gasteiger partial charge < -0.3 is 14.8 Å². The molecule has 2 aromatic rings. The van der Waals surface area contributed by atoms with E-state index in [4.69, 9.17) is 9.47 Å². The number of methoxy groups -OCH3 is 1. The summed E-state index contributed by atoms with van der Waals surface area (Å²) >= 11 is 3.73. The van der Waals surface area contributed by atoms with Gasteiger partial charge >= 0.3 is 0 Å². The highest BCUT2D eigenvalue weighted by Gasteiger charge is 2.16. The van der Waals surface area contributed by atoms with E-state index in [1.807, 2.05) is 24.3 Å². The van der Waals surface area contributed by atoms with Crippen molar-refractivity contribution < 1.29 is 9.47 Å². The Hall–Kier alpha value is -1.52. The lowest BCUT2D eigenvalue weighted by atomic mass is 9.95. The molecule has 134 valence electrons. The lowest BCUT2D eigenvalue weighted by Crippen LogP contribution is -2.30. The molecule has 0 atom stereocenters. The molecule has 1 aliphatic rings. The van der Waals surface area contributed by atoms with Gasteiger partial charge in [0.15, 0.2) is 11.5 Å². The molecule has 0 bridgehead atoms. The normalized spacial score (nSPS) is 15.1. The predicted molar refractivity (Wildman–Crippen MR) is 105 cm³/mol. The second-order valence-electron chi connectivity index (χ2n) is 6.56. The number of hydrogen-bond donors (Lipinski definition) is 1. The van der Waals surface area contributed by atoms with Gasteiger partial charge in [0.25, 0.3) is 0 Å². The van der Waals surface area contributed by atoms with Crippen molar-refractivity contribution in [3.8, 4) is 11.5 Å². The second-order valence-corrected chi connectivity index (χ2v) is 7.35. The average molecular weight is 404 g/mol. The zero-order valence-electron chi connectivity index (χ0n) is 14.8. The fourth-order valence-electron chi connectivity index (χ4n) is 3.30. The molecule has 3 rings (SSSR count). The van der Waals surface area contributed by atoms with E-state index in [0.29, 0.717) is 12.6 Å². The number of ether oxygens (including phenoxy) is 2. The van der Waals surface area contributed by atoms with E-state index in [1.54, 1.807) is 7.11 Å². The number of rotatable bonds is 7. The van der Waals surface area contributed by atoms with E-state index in [9.17, 15) is 0 Å². The summed E-state index contributed by atoms with van der Waals surface area (Å²) in [6.45, 7) is 1.37. The van der Waals surface area contributed by atoms with Crippen molar-refractivity contribution in [2.45, 2.75) is 51.3 Å². The molecule has 0 aliphatic heterocycles. The standard InChI is InChI=1S/C21H26BrNO2/c1-24-19-13-12-17(14-23-18-10-6-3-7-11-18)20(22)21(19)25-15-16-8-4-2-5-9-16/h2,4-5,8-9,12-13,18,23H,3,6-7,10-11,14-15H2,1H3. The molecule has 0 heterocycles. The molecule has 0 spiro atoms. The van der Waals surface area contributed by atoms with Crippen LogP contribution in [0.5, 0.6) is 11.5 Å². The van der Waals surface area contributed by atoms with Crippen LogP contribution in [-0.4, -0.2) is 13.2 Å². The predicted octanol–water partition coefficient (Wildman–Crippen LogP) is 5.46. The summed E-state index contributed by atoms with van der Waals surface area (Å²) in [7, 11) is 1.68. The molecule has 3 nitrogen and oxygen atoms in total. The summed E-state index contributed by atoms with van der Waals surface area (Å²) in [6.07, 6.45) is 6.62. The summed E-state index contributed by atoms with van der Waals surface area (Å²) < 4.78 is 12.5. The minimum Gasteiger partial charge on any atom is -0.493 e. The SMILES string of the molecule is COc1ccc(CNC2CCCCC2)c(Br)c1OCc1ccccc1. The van der Waals surface area contributed by atoms with Gasteiger partial charge in [0.2, 0.25) is 0 Å². The molecule has 0 aromatic heterocycles. The maximum atomic E-state index is 6.08. The lowest BCUT2D eigenvalue weighted by molar-refractivity contribution is 0.282. The van der Waals surface area contributed by atoms with Crippen molar-refractivity contribution in [1.29, 1.82) is 0 Å². The maximum absolute atomic E-state index is 6.08. The van der Waals surface area contributed by atoms with Crippen LogP contribution in [0, 0.1) is 0 Å². The molecule has 0 saturated heterocycles. The van der Waals surface area contributed by atoms with E-state index >= 15 is 0 Å². The fraction of sp³-hybridized carbons (Fsp3) is 0.429. The molecule has 2 aromatic carbocycles. The van der Waals surface area contributed by atoms with Crippen molar-refractivity contribution in [2.24, 2.45) is 0 Å². The first-order valence-electron chi connectivity index (χ1n) is 9.03. The third kappa shape index (κ3) is 4.99. The van der Waals surface area contributed by atoms with Crippen LogP contribution in [0.2, 0.25) is 0 Å². The highest BCUT2D eigenvalue weighted by Crippen LogP contribution is 2.38. The third-order valence-corrected chi connectivity index (χ3v) is 5.64. The highest BCUT2D eigenvalue weighted by molar-refractivity contribution is 9.10. The van der Waals surface area contributed by atoms with Crippen molar-refractivity contribution >= 4 is 15.9 Å². The van der Waals surface area contributed by atoms with E-state index in [-0.39, 0.29) is 0 Å². The van der Waals surface area contributed by atoms with Crippen molar-refractivity contribution in [3.63, 3.8) is 0 Å². The summed E-state index contributed by atoms with van der Waals surface area (Å²) in [5, 5.41) is 3.69. The summed E-state index contributed by atoms with van der Waals surface area (Å²) in [6, 6.07) is 14.9. The Morgan fingerprint density at radius 2 is 1.80 bits per heavy atom. The Kier molecular flexibility index (Phi) is 6.76. The van der Waals surface area contributed by atoms with E-state index in [0.717, 1.165) is 28.1 Å². The molecule has 4 heteroatoms. The number of benzene rings is 2. The van der Waals surface area contributed by atoms with E-state index in [1.165, 1.54) is 37.7 Å². The van der Waals surface area contributed by atoms with Crippen molar-refractivity contribution in [2.75, 3.05) is 7.11 Å². The van der Waals surface area contributed by atoms with Crippen molar-refractivity contribution in [1.82, 2.24) is 5.32 Å². The molecular formula is C21H26BrNO2. The molecule has 1 saturated carbocycles. The Morgan fingerprint density at radius 3 is 2.52 bits per heavy atom. The van der Waals surface area contributed by atoms with E-state index in [2.05, 4.69) is 39.4 Å². The first-order valence-corrected chi connectivity index (χ1v) is 9.82. The van der Waals surface area contributed by atoms with Crippen LogP contribution in [0.3, 0.4) is 0 Å². The van der Waals surface area contributed by atoms with Gasteiger partial charge in [-0.1, -0.05) is 55.7 Å². The molecule has 1 N–H and O–H groups in total. The van der Waals surface area contributed by atoms with Gasteiger partial charge in [-0.25, -0.2) is 0 Å². The molecule has 0 amide bonds. The Labute approximate surface area is 158 Å². The molecule has 25 heavy (non-hydrogen) atoms. The van der Waals surface area contributed by atoms with Crippen molar-refractivity contribution in [3.05, 3.63) is 58.1 Å². The van der Waals surface area contributed by atoms with Crippen LogP contribution in [0.4, 0.5) is 0 Å². The lowest BCUT2D eigenvalue weighted by Gasteiger charge is -2.23. The maximum Gasteiger partial charge on any atom is 0.176 e. The van der Waals surface area contributed by atoms with Crippen LogP contribution < -0.4 is 14.8 Å². The summed E-state index contributed by atoms with van der Waals surface area (Å²) in [5.41, 5.74) is 2.34. The Morgan fingerprint density at radius 1 is 1.04 bits per heavy atom. The Balaban J connectivity index is 1.69. The zero-order valence-corrected chi connectivity index (χ0v) is 16.3. The monoisotopic (exact) mass is 403 g/mol. The third-order valence-electron chi connectivity index (χ3n) is 4.77.